The molecule has 0 bridgehead atoms. The van der Waals surface area contributed by atoms with Crippen molar-refractivity contribution in [2.45, 2.75) is 70.0 Å². The van der Waals surface area contributed by atoms with Crippen molar-refractivity contribution in [2.75, 3.05) is 49.0 Å². The summed E-state index contributed by atoms with van der Waals surface area (Å²) in [6, 6.07) is 16.8. The quantitative estimate of drug-likeness (QED) is 0.0611. The molecule has 3 aromatic carbocycles. The summed E-state index contributed by atoms with van der Waals surface area (Å²) in [7, 11) is -3.54. The second-order valence-corrected chi connectivity index (χ2v) is 14.8. The van der Waals surface area contributed by atoms with E-state index in [-0.39, 0.29) is 28.3 Å². The number of halogens is 1. The van der Waals surface area contributed by atoms with E-state index >= 15 is 0 Å². The van der Waals surface area contributed by atoms with Gasteiger partial charge >= 0.3 is 6.09 Å². The average Bonchev–Trinajstić information content (AvgIpc) is 3.06. The molecule has 0 aromatic heterocycles. The number of unbranched alkanes of at least 4 members (excludes halogenated alkanes) is 6. The molecule has 3 aromatic rings. The fourth-order valence-electron chi connectivity index (χ4n) is 5.93. The second kappa shape index (κ2) is 19.0. The van der Waals surface area contributed by atoms with Crippen molar-refractivity contribution in [2.24, 2.45) is 0 Å². The van der Waals surface area contributed by atoms with Crippen LogP contribution in [-0.2, 0) is 14.8 Å². The highest BCUT2D eigenvalue weighted by atomic mass is 35.5. The molecular weight excluding hydrogens is 668 g/mol. The first-order valence-corrected chi connectivity index (χ1v) is 19.2. The molecule has 6 N–H and O–H groups in total. The molecule has 1 saturated heterocycles. The highest BCUT2D eigenvalue weighted by Crippen LogP contribution is 2.33. The lowest BCUT2D eigenvalue weighted by Gasteiger charge is -2.31. The Labute approximate surface area is 294 Å². The number of phenols is 2. The van der Waals surface area contributed by atoms with Gasteiger partial charge in [0.2, 0.25) is 10.0 Å². The Balaban J connectivity index is 1.01. The number of amides is 1. The molecule has 0 unspecified atom stereocenters. The molecule has 1 fully saturated rings. The van der Waals surface area contributed by atoms with Crippen LogP contribution in [0.4, 0.5) is 16.2 Å². The van der Waals surface area contributed by atoms with Crippen LogP contribution in [0.15, 0.2) is 60.7 Å². The van der Waals surface area contributed by atoms with Crippen molar-refractivity contribution in [3.8, 4) is 22.6 Å². The topological polar surface area (TPSA) is 160 Å². The zero-order valence-electron chi connectivity index (χ0n) is 28.0. The Morgan fingerprint density at radius 3 is 2.31 bits per heavy atom. The SMILES string of the molecule is CS(=O)(=O)Nc1cc([C@@H](O)CNCCCCCCCCCN2CCC(OC(=O)Nc3ccccc3-c3ccc(O)c(Cl)c3)CC2)ccc1O. The third kappa shape index (κ3) is 13.0. The molecule has 49 heavy (non-hydrogen) atoms. The number of carbonyl (C=O) groups is 1. The lowest BCUT2D eigenvalue weighted by atomic mass is 10.0. The molecule has 1 heterocycles. The van der Waals surface area contributed by atoms with Crippen LogP contribution >= 0.6 is 11.6 Å². The number of rotatable bonds is 18. The van der Waals surface area contributed by atoms with Crippen molar-refractivity contribution < 1.29 is 33.3 Å². The Morgan fingerprint density at radius 1 is 0.918 bits per heavy atom. The Hall–Kier alpha value is -3.55. The van der Waals surface area contributed by atoms with Gasteiger partial charge in [-0.1, -0.05) is 74.0 Å². The Morgan fingerprint density at radius 2 is 1.59 bits per heavy atom. The van der Waals surface area contributed by atoms with Gasteiger partial charge in [0.25, 0.3) is 0 Å². The summed E-state index contributed by atoms with van der Waals surface area (Å²) in [5, 5.41) is 36.4. The predicted octanol–water partition coefficient (Wildman–Crippen LogP) is 6.86. The normalized spacial score (nSPS) is 14.8. The number of nitrogens with zero attached hydrogens (tertiary/aromatic N) is 1. The summed E-state index contributed by atoms with van der Waals surface area (Å²) in [4.78, 5) is 15.2. The van der Waals surface area contributed by atoms with Crippen molar-refractivity contribution in [3.63, 3.8) is 0 Å². The molecule has 1 aliphatic rings. The maximum absolute atomic E-state index is 12.7. The maximum Gasteiger partial charge on any atom is 0.411 e. The minimum Gasteiger partial charge on any atom is -0.506 e. The van der Waals surface area contributed by atoms with Crippen LogP contribution in [0, 0.1) is 0 Å². The van der Waals surface area contributed by atoms with E-state index in [0.717, 1.165) is 75.7 Å². The third-order valence-corrected chi connectivity index (χ3v) is 9.49. The number of aromatic hydroxyl groups is 2. The lowest BCUT2D eigenvalue weighted by molar-refractivity contribution is 0.0584. The number of carbonyl (C=O) groups excluding carboxylic acids is 1. The van der Waals surface area contributed by atoms with Crippen LogP contribution in [0.2, 0.25) is 5.02 Å². The zero-order chi connectivity index (χ0) is 35.2. The standard InChI is InChI=1S/C36H49ClN4O7S/c1-49(46,47)40-32-24-27(14-16-34(32)43)35(44)25-38-19-9-5-3-2-4-6-10-20-41-21-17-28(18-22-41)48-36(45)39-31-12-8-7-11-29(31)26-13-15-33(42)30(37)23-26/h7-8,11-16,23-24,28,35,38,40,42-44H,2-6,9-10,17-22,25H2,1H3,(H,39,45)/t35-/m0/s1. The van der Waals surface area contributed by atoms with E-state index in [2.05, 4.69) is 20.3 Å². The highest BCUT2D eigenvalue weighted by molar-refractivity contribution is 7.92. The number of piperidine rings is 1. The van der Waals surface area contributed by atoms with Crippen LogP contribution in [0.1, 0.15) is 69.5 Å². The van der Waals surface area contributed by atoms with Crippen LogP contribution < -0.4 is 15.4 Å². The second-order valence-electron chi connectivity index (χ2n) is 12.6. The molecular formula is C36H49ClN4O7S. The summed E-state index contributed by atoms with van der Waals surface area (Å²) < 4.78 is 31.0. The molecule has 0 aliphatic carbocycles. The van der Waals surface area contributed by atoms with E-state index in [1.165, 1.54) is 43.9 Å². The number of aliphatic hydroxyl groups excluding tert-OH is 1. The van der Waals surface area contributed by atoms with Gasteiger partial charge in [0.05, 0.1) is 28.8 Å². The number of nitrogens with one attached hydrogen (secondary N) is 3. The molecule has 1 aliphatic heterocycles. The first-order valence-electron chi connectivity index (χ1n) is 17.0. The zero-order valence-corrected chi connectivity index (χ0v) is 29.6. The smallest absolute Gasteiger partial charge is 0.411 e. The van der Waals surface area contributed by atoms with Gasteiger partial charge in [0.15, 0.2) is 0 Å². The van der Waals surface area contributed by atoms with Crippen molar-refractivity contribution in [1.82, 2.24) is 10.2 Å². The number of hydrogen-bond donors (Lipinski definition) is 6. The Bertz CT molecular complexity index is 1620. The minimum atomic E-state index is -3.54. The first kappa shape index (κ1) is 38.3. The monoisotopic (exact) mass is 716 g/mol. The van der Waals surface area contributed by atoms with E-state index < -0.39 is 22.2 Å². The molecule has 1 atom stereocenters. The summed E-state index contributed by atoms with van der Waals surface area (Å²) in [5.41, 5.74) is 2.76. The van der Waals surface area contributed by atoms with Crippen molar-refractivity contribution in [3.05, 3.63) is 71.2 Å². The van der Waals surface area contributed by atoms with Gasteiger partial charge in [-0.3, -0.25) is 10.0 Å². The number of ether oxygens (including phenoxy) is 1. The van der Waals surface area contributed by atoms with E-state index in [1.807, 2.05) is 24.3 Å². The number of para-hydroxylation sites is 1. The highest BCUT2D eigenvalue weighted by Gasteiger charge is 2.22. The minimum absolute atomic E-state index is 0.00721. The summed E-state index contributed by atoms with van der Waals surface area (Å²) in [6.45, 7) is 4.00. The lowest BCUT2D eigenvalue weighted by Crippen LogP contribution is -2.38. The third-order valence-electron chi connectivity index (χ3n) is 8.60. The number of likely N-dealkylation sites (tertiary alicyclic amines) is 1. The van der Waals surface area contributed by atoms with E-state index in [0.29, 0.717) is 17.8 Å². The van der Waals surface area contributed by atoms with Crippen molar-refractivity contribution >= 4 is 39.1 Å². The fourth-order valence-corrected chi connectivity index (χ4v) is 6.67. The van der Waals surface area contributed by atoms with Crippen LogP contribution in [0.5, 0.6) is 11.5 Å². The van der Waals surface area contributed by atoms with Crippen molar-refractivity contribution in [1.29, 1.82) is 0 Å². The number of aliphatic hydroxyl groups is 1. The molecule has 268 valence electrons. The number of anilines is 2. The van der Waals surface area contributed by atoms with Crippen LogP contribution in [-0.4, -0.2) is 79.8 Å². The van der Waals surface area contributed by atoms with Gasteiger partial charge in [0, 0.05) is 25.2 Å². The largest absolute Gasteiger partial charge is 0.506 e. The van der Waals surface area contributed by atoms with Crippen LogP contribution in [0.25, 0.3) is 11.1 Å². The Kier molecular flexibility index (Phi) is 14.8. The van der Waals surface area contributed by atoms with Gasteiger partial charge in [-0.05, 0) is 80.2 Å². The van der Waals surface area contributed by atoms with E-state index in [9.17, 15) is 28.5 Å². The molecule has 11 nitrogen and oxygen atoms in total. The number of sulfonamides is 1. The number of phenolic OH excluding ortho intramolecular Hbond substituents is 2. The summed E-state index contributed by atoms with van der Waals surface area (Å²) in [5.74, 6) is -0.185. The van der Waals surface area contributed by atoms with Gasteiger partial charge < -0.3 is 30.3 Å². The van der Waals surface area contributed by atoms with Gasteiger partial charge in [-0.15, -0.1) is 0 Å². The van der Waals surface area contributed by atoms with Crippen LogP contribution in [0.3, 0.4) is 0 Å². The molecule has 0 saturated carbocycles. The molecule has 1 amide bonds. The average molecular weight is 717 g/mol. The number of hydrogen-bond acceptors (Lipinski definition) is 9. The number of benzene rings is 3. The van der Waals surface area contributed by atoms with Gasteiger partial charge in [-0.2, -0.15) is 0 Å². The van der Waals surface area contributed by atoms with Gasteiger partial charge in [0.1, 0.15) is 17.6 Å². The fraction of sp³-hybridized carbons (Fsp3) is 0.472. The molecule has 0 radical (unpaired) electrons. The predicted molar refractivity (Wildman–Crippen MR) is 195 cm³/mol. The first-order chi connectivity index (χ1) is 23.5. The molecule has 13 heteroatoms. The van der Waals surface area contributed by atoms with E-state index in [4.69, 9.17) is 16.3 Å². The maximum atomic E-state index is 12.7. The molecule has 0 spiro atoms. The van der Waals surface area contributed by atoms with Gasteiger partial charge in [-0.25, -0.2) is 13.2 Å². The molecule has 4 rings (SSSR count). The van der Waals surface area contributed by atoms with E-state index in [1.54, 1.807) is 18.2 Å². The summed E-state index contributed by atoms with van der Waals surface area (Å²) >= 11 is 6.09. The summed E-state index contributed by atoms with van der Waals surface area (Å²) in [6.07, 6.45) is 9.26.